The molecule has 3 aromatic rings. The first kappa shape index (κ1) is 21.2. The highest BCUT2D eigenvalue weighted by molar-refractivity contribution is 5.99. The second-order valence-corrected chi connectivity index (χ2v) is 8.51. The van der Waals surface area contributed by atoms with Crippen LogP contribution in [-0.2, 0) is 12.8 Å². The van der Waals surface area contributed by atoms with E-state index in [0.717, 1.165) is 48.1 Å². The number of rotatable bonds is 8. The number of unbranched alkanes of at least 4 members (excludes halogenated alkanes) is 2. The van der Waals surface area contributed by atoms with E-state index in [2.05, 4.69) is 29.4 Å². The van der Waals surface area contributed by atoms with Gasteiger partial charge in [-0.15, -0.1) is 0 Å². The van der Waals surface area contributed by atoms with E-state index in [-0.39, 0.29) is 5.91 Å². The number of carbonyl (C=O) groups excluding carboxylic acids is 1. The molecule has 0 saturated heterocycles. The molecule has 0 bridgehead atoms. The quantitative estimate of drug-likeness (QED) is 0.284. The van der Waals surface area contributed by atoms with Crippen LogP contribution in [0.2, 0.25) is 0 Å². The van der Waals surface area contributed by atoms with Gasteiger partial charge in [0.15, 0.2) is 0 Å². The number of benzene rings is 2. The zero-order valence-electron chi connectivity index (χ0n) is 18.4. The van der Waals surface area contributed by atoms with Gasteiger partial charge in [0.05, 0.1) is 12.8 Å². The van der Waals surface area contributed by atoms with Gasteiger partial charge in [0.2, 0.25) is 0 Å². The minimum absolute atomic E-state index is 0.201. The van der Waals surface area contributed by atoms with Gasteiger partial charge in [-0.05, 0) is 85.2 Å². The lowest BCUT2D eigenvalue weighted by Gasteiger charge is -2.18. The van der Waals surface area contributed by atoms with Crippen molar-refractivity contribution in [3.63, 3.8) is 0 Å². The molecular formula is C26H31N3O2. The van der Waals surface area contributed by atoms with Crippen molar-refractivity contribution >= 4 is 23.0 Å². The molecule has 0 radical (unpaired) electrons. The summed E-state index contributed by atoms with van der Waals surface area (Å²) in [6, 6.07) is 13.6. The van der Waals surface area contributed by atoms with Gasteiger partial charge in [-0.1, -0.05) is 26.7 Å². The molecule has 2 aromatic carbocycles. The highest BCUT2D eigenvalue weighted by atomic mass is 16.5. The van der Waals surface area contributed by atoms with Crippen molar-refractivity contribution in [2.45, 2.75) is 52.4 Å². The van der Waals surface area contributed by atoms with E-state index in [1.54, 1.807) is 6.21 Å². The molecule has 1 unspecified atom stereocenters. The van der Waals surface area contributed by atoms with Gasteiger partial charge in [-0.25, -0.2) is 5.43 Å². The van der Waals surface area contributed by atoms with Crippen LogP contribution in [0, 0.1) is 5.92 Å². The van der Waals surface area contributed by atoms with Gasteiger partial charge < -0.3 is 9.72 Å². The lowest BCUT2D eigenvalue weighted by Crippen LogP contribution is -2.17. The van der Waals surface area contributed by atoms with Gasteiger partial charge in [0.1, 0.15) is 5.75 Å². The van der Waals surface area contributed by atoms with E-state index >= 15 is 0 Å². The number of nitrogens with one attached hydrogen (secondary N) is 2. The number of H-pyrrole nitrogens is 1. The number of aromatic amines is 1. The van der Waals surface area contributed by atoms with Crippen molar-refractivity contribution in [3.05, 3.63) is 64.8 Å². The largest absolute Gasteiger partial charge is 0.494 e. The number of nitrogens with zero attached hydrogens (tertiary/aromatic N) is 1. The first-order valence-corrected chi connectivity index (χ1v) is 11.3. The summed E-state index contributed by atoms with van der Waals surface area (Å²) in [6.07, 6.45) is 8.46. The van der Waals surface area contributed by atoms with Gasteiger partial charge in [0, 0.05) is 22.2 Å². The molecule has 1 aromatic heterocycles. The van der Waals surface area contributed by atoms with Crippen molar-refractivity contribution in [2.75, 3.05) is 6.61 Å². The van der Waals surface area contributed by atoms with Crippen molar-refractivity contribution in [3.8, 4) is 5.75 Å². The summed E-state index contributed by atoms with van der Waals surface area (Å²) >= 11 is 0. The van der Waals surface area contributed by atoms with Crippen LogP contribution in [0.3, 0.4) is 0 Å². The molecule has 31 heavy (non-hydrogen) atoms. The number of aromatic nitrogens is 1. The normalized spacial score (nSPS) is 15.9. The minimum Gasteiger partial charge on any atom is -0.494 e. The fourth-order valence-electron chi connectivity index (χ4n) is 4.15. The van der Waals surface area contributed by atoms with Crippen molar-refractivity contribution in [1.82, 2.24) is 10.4 Å². The molecule has 1 atom stereocenters. The maximum Gasteiger partial charge on any atom is 0.271 e. The highest BCUT2D eigenvalue weighted by Crippen LogP contribution is 2.32. The third kappa shape index (κ3) is 5.16. The number of carbonyl (C=O) groups is 1. The number of hydrogen-bond donors (Lipinski definition) is 2. The van der Waals surface area contributed by atoms with Crippen molar-refractivity contribution in [2.24, 2.45) is 11.0 Å². The summed E-state index contributed by atoms with van der Waals surface area (Å²) in [5.74, 6) is 1.34. The molecule has 5 nitrogen and oxygen atoms in total. The predicted octanol–water partition coefficient (Wildman–Crippen LogP) is 5.63. The summed E-state index contributed by atoms with van der Waals surface area (Å²) in [7, 11) is 0. The van der Waals surface area contributed by atoms with Crippen molar-refractivity contribution < 1.29 is 9.53 Å². The Kier molecular flexibility index (Phi) is 6.70. The second-order valence-electron chi connectivity index (χ2n) is 8.51. The van der Waals surface area contributed by atoms with Gasteiger partial charge in [-0.3, -0.25) is 4.79 Å². The third-order valence-electron chi connectivity index (χ3n) is 5.97. The fraction of sp³-hybridized carbons (Fsp3) is 0.385. The van der Waals surface area contributed by atoms with Crippen LogP contribution in [-0.4, -0.2) is 23.7 Å². The van der Waals surface area contributed by atoms with Gasteiger partial charge in [-0.2, -0.15) is 5.10 Å². The van der Waals surface area contributed by atoms with Crippen LogP contribution in [0.5, 0.6) is 5.75 Å². The summed E-state index contributed by atoms with van der Waals surface area (Å²) in [5.41, 5.74) is 7.97. The van der Waals surface area contributed by atoms with E-state index in [0.29, 0.717) is 11.5 Å². The molecule has 4 rings (SSSR count). The molecule has 1 aliphatic carbocycles. The summed E-state index contributed by atoms with van der Waals surface area (Å²) in [6.45, 7) is 5.21. The number of hydrazone groups is 1. The number of aryl methyl sites for hydroxylation is 1. The van der Waals surface area contributed by atoms with Crippen LogP contribution in [0.25, 0.3) is 10.9 Å². The van der Waals surface area contributed by atoms with E-state index in [1.807, 2.05) is 42.5 Å². The molecule has 2 N–H and O–H groups in total. The first-order valence-electron chi connectivity index (χ1n) is 11.3. The summed E-state index contributed by atoms with van der Waals surface area (Å²) in [5, 5.41) is 5.29. The Morgan fingerprint density at radius 3 is 2.87 bits per heavy atom. The molecule has 1 heterocycles. The fourth-order valence-corrected chi connectivity index (χ4v) is 4.15. The Bertz CT molecular complexity index is 1070. The van der Waals surface area contributed by atoms with Crippen molar-refractivity contribution in [1.29, 1.82) is 0 Å². The lowest BCUT2D eigenvalue weighted by molar-refractivity contribution is 0.0955. The molecule has 0 spiro atoms. The summed E-state index contributed by atoms with van der Waals surface area (Å²) < 4.78 is 5.72. The Hall–Kier alpha value is -3.08. The zero-order chi connectivity index (χ0) is 21.6. The summed E-state index contributed by atoms with van der Waals surface area (Å²) in [4.78, 5) is 16.1. The Labute approximate surface area is 183 Å². The lowest BCUT2D eigenvalue weighted by atomic mass is 9.87. The van der Waals surface area contributed by atoms with E-state index in [1.165, 1.54) is 30.5 Å². The number of amides is 1. The smallest absolute Gasteiger partial charge is 0.271 e. The zero-order valence-corrected chi connectivity index (χ0v) is 18.4. The molecule has 0 saturated carbocycles. The highest BCUT2D eigenvalue weighted by Gasteiger charge is 2.20. The average molecular weight is 418 g/mol. The molecule has 162 valence electrons. The third-order valence-corrected chi connectivity index (χ3v) is 5.97. The van der Waals surface area contributed by atoms with Crippen LogP contribution < -0.4 is 10.2 Å². The molecule has 1 aliphatic rings. The van der Waals surface area contributed by atoms with Crippen LogP contribution in [0.1, 0.15) is 66.7 Å². The molecule has 0 aliphatic heterocycles. The maximum absolute atomic E-state index is 12.6. The predicted molar refractivity (Wildman–Crippen MR) is 126 cm³/mol. The minimum atomic E-state index is -0.201. The van der Waals surface area contributed by atoms with E-state index in [4.69, 9.17) is 4.74 Å². The van der Waals surface area contributed by atoms with Crippen LogP contribution in [0.4, 0.5) is 0 Å². The molecule has 0 fully saturated rings. The van der Waals surface area contributed by atoms with E-state index in [9.17, 15) is 4.79 Å². The van der Waals surface area contributed by atoms with Crippen LogP contribution >= 0.6 is 0 Å². The van der Waals surface area contributed by atoms with Gasteiger partial charge in [0.25, 0.3) is 5.91 Å². The molecule has 1 amide bonds. The Morgan fingerprint density at radius 1 is 1.23 bits per heavy atom. The number of hydrogen-bond acceptors (Lipinski definition) is 3. The topological polar surface area (TPSA) is 66.5 Å². The number of fused-ring (bicyclic) bond motifs is 3. The van der Waals surface area contributed by atoms with Gasteiger partial charge >= 0.3 is 0 Å². The average Bonchev–Trinajstić information content (AvgIpc) is 3.14. The first-order chi connectivity index (χ1) is 15.1. The monoisotopic (exact) mass is 417 g/mol. The van der Waals surface area contributed by atoms with Crippen LogP contribution in [0.15, 0.2) is 47.6 Å². The standard InChI is InChI=1S/C26H31N3O2/c1-3-4-5-14-31-21-10-7-19(8-11-21)17-27-29-26(30)20-9-13-25-23(16-20)22-15-18(2)6-12-24(22)28-25/h7-11,13,16-18,28H,3-6,12,14-15H2,1-2H3,(H,29,30)/b27-17-. The Balaban J connectivity index is 1.36. The SMILES string of the molecule is CCCCCOc1ccc(/C=N\NC(=O)c2ccc3[nH]c4c(c3c2)CC(C)CC4)cc1. The number of ether oxygens (including phenoxy) is 1. The molecular weight excluding hydrogens is 386 g/mol. The second kappa shape index (κ2) is 9.82. The maximum atomic E-state index is 12.6. The Morgan fingerprint density at radius 2 is 2.06 bits per heavy atom. The molecule has 5 heteroatoms. The van der Waals surface area contributed by atoms with E-state index < -0.39 is 0 Å².